The molecule has 0 aromatic carbocycles. The van der Waals surface area contributed by atoms with Crippen molar-refractivity contribution in [2.45, 2.75) is 25.8 Å². The first kappa shape index (κ1) is 7.39. The fourth-order valence-electron chi connectivity index (χ4n) is 1.56. The van der Waals surface area contributed by atoms with Crippen molar-refractivity contribution < 1.29 is 4.42 Å². The van der Waals surface area contributed by atoms with Crippen LogP contribution in [0.5, 0.6) is 0 Å². The van der Waals surface area contributed by atoms with E-state index in [2.05, 4.69) is 22.0 Å². The maximum absolute atomic E-state index is 5.32. The van der Waals surface area contributed by atoms with Crippen molar-refractivity contribution in [3.63, 3.8) is 0 Å². The van der Waals surface area contributed by atoms with E-state index >= 15 is 0 Å². The minimum Gasteiger partial charge on any atom is -0.390 e. The van der Waals surface area contributed by atoms with Crippen molar-refractivity contribution in [2.75, 3.05) is 17.2 Å². The van der Waals surface area contributed by atoms with Crippen molar-refractivity contribution in [3.05, 3.63) is 0 Å². The van der Waals surface area contributed by atoms with Crippen molar-refractivity contribution in [1.82, 2.24) is 10.2 Å². The second-order valence-corrected chi connectivity index (χ2v) is 3.11. The Morgan fingerprint density at radius 2 is 2.42 bits per heavy atom. The van der Waals surface area contributed by atoms with E-state index in [1.165, 1.54) is 12.8 Å². The number of hydrogen-bond acceptors (Lipinski definition) is 5. The third-order valence-corrected chi connectivity index (χ3v) is 2.23. The van der Waals surface area contributed by atoms with Gasteiger partial charge in [-0.1, -0.05) is 10.2 Å². The van der Waals surface area contributed by atoms with E-state index in [0.29, 0.717) is 12.1 Å². The summed E-state index contributed by atoms with van der Waals surface area (Å²) in [5.74, 6) is 0. The zero-order valence-corrected chi connectivity index (χ0v) is 7.03. The molecule has 1 atom stereocenters. The molecule has 1 unspecified atom stereocenters. The summed E-state index contributed by atoms with van der Waals surface area (Å²) in [6.07, 6.45) is 2.37. The zero-order valence-electron chi connectivity index (χ0n) is 7.03. The van der Waals surface area contributed by atoms with Crippen molar-refractivity contribution in [2.24, 2.45) is 0 Å². The highest BCUT2D eigenvalue weighted by Gasteiger charge is 2.24. The molecule has 1 aromatic rings. The van der Waals surface area contributed by atoms with E-state index in [1.54, 1.807) is 0 Å². The summed E-state index contributed by atoms with van der Waals surface area (Å²) in [5.41, 5.74) is 5.32. The molecule has 0 radical (unpaired) electrons. The van der Waals surface area contributed by atoms with Crippen LogP contribution in [0.4, 0.5) is 12.0 Å². The third kappa shape index (κ3) is 1.11. The molecule has 1 aromatic heterocycles. The van der Waals surface area contributed by atoms with Gasteiger partial charge in [-0.3, -0.25) is 0 Å². The van der Waals surface area contributed by atoms with Crippen LogP contribution >= 0.6 is 0 Å². The van der Waals surface area contributed by atoms with Gasteiger partial charge in [0.25, 0.3) is 0 Å². The summed E-state index contributed by atoms with van der Waals surface area (Å²) >= 11 is 0. The molecule has 5 nitrogen and oxygen atoms in total. The molecule has 0 aliphatic carbocycles. The Kier molecular flexibility index (Phi) is 1.64. The smallest absolute Gasteiger partial charge is 0.319 e. The molecular weight excluding hydrogens is 156 g/mol. The molecule has 0 bridgehead atoms. The Labute approximate surface area is 70.6 Å². The molecule has 1 fully saturated rings. The molecule has 66 valence electrons. The van der Waals surface area contributed by atoms with Gasteiger partial charge >= 0.3 is 12.0 Å². The summed E-state index contributed by atoms with van der Waals surface area (Å²) in [4.78, 5) is 2.09. The number of rotatable bonds is 1. The standard InChI is InChI=1S/C7H12N4O/c1-5-3-2-4-11(5)7-10-9-6(8)12-7/h5H,2-4H2,1H3,(H2,8,9). The Morgan fingerprint density at radius 1 is 1.58 bits per heavy atom. The summed E-state index contributed by atoms with van der Waals surface area (Å²) in [6.45, 7) is 3.14. The highest BCUT2D eigenvalue weighted by atomic mass is 16.4. The van der Waals surface area contributed by atoms with Gasteiger partial charge in [0, 0.05) is 12.6 Å². The van der Waals surface area contributed by atoms with Crippen LogP contribution in [0.15, 0.2) is 4.42 Å². The minimum absolute atomic E-state index is 0.143. The predicted molar refractivity (Wildman–Crippen MR) is 44.8 cm³/mol. The van der Waals surface area contributed by atoms with Crippen LogP contribution in [-0.2, 0) is 0 Å². The normalized spacial score (nSPS) is 23.4. The van der Waals surface area contributed by atoms with Crippen LogP contribution < -0.4 is 10.6 Å². The van der Waals surface area contributed by atoms with Gasteiger partial charge in [0.15, 0.2) is 0 Å². The van der Waals surface area contributed by atoms with Crippen molar-refractivity contribution >= 4 is 12.0 Å². The Morgan fingerprint density at radius 3 is 2.92 bits per heavy atom. The van der Waals surface area contributed by atoms with Crippen molar-refractivity contribution in [3.8, 4) is 0 Å². The number of nitrogens with zero attached hydrogens (tertiary/aromatic N) is 3. The first-order chi connectivity index (χ1) is 5.77. The molecule has 5 heteroatoms. The molecule has 0 spiro atoms. The first-order valence-electron chi connectivity index (χ1n) is 4.13. The van der Waals surface area contributed by atoms with E-state index in [0.717, 1.165) is 6.54 Å². The molecule has 2 rings (SSSR count). The van der Waals surface area contributed by atoms with Gasteiger partial charge in [0.2, 0.25) is 0 Å². The van der Waals surface area contributed by atoms with E-state index < -0.39 is 0 Å². The summed E-state index contributed by atoms with van der Waals surface area (Å²) < 4.78 is 5.12. The lowest BCUT2D eigenvalue weighted by Gasteiger charge is -2.17. The maximum Gasteiger partial charge on any atom is 0.319 e. The quantitative estimate of drug-likeness (QED) is 0.666. The number of anilines is 2. The molecule has 2 N–H and O–H groups in total. The lowest BCUT2D eigenvalue weighted by molar-refractivity contribution is 0.543. The van der Waals surface area contributed by atoms with E-state index in [-0.39, 0.29) is 6.01 Å². The summed E-state index contributed by atoms with van der Waals surface area (Å²) in [6, 6.07) is 1.19. The number of aromatic nitrogens is 2. The molecule has 1 aliphatic heterocycles. The maximum atomic E-state index is 5.32. The SMILES string of the molecule is CC1CCCN1c1nnc(N)o1. The van der Waals surface area contributed by atoms with E-state index in [1.807, 2.05) is 0 Å². The van der Waals surface area contributed by atoms with Gasteiger partial charge < -0.3 is 15.1 Å². The Hall–Kier alpha value is -1.26. The van der Waals surface area contributed by atoms with Crippen LogP contribution in [0.25, 0.3) is 0 Å². The van der Waals surface area contributed by atoms with Crippen LogP contribution in [-0.4, -0.2) is 22.8 Å². The fourth-order valence-corrected chi connectivity index (χ4v) is 1.56. The first-order valence-corrected chi connectivity index (χ1v) is 4.13. The minimum atomic E-state index is 0.143. The molecule has 2 heterocycles. The van der Waals surface area contributed by atoms with Gasteiger partial charge in [-0.25, -0.2) is 0 Å². The number of nitrogen functional groups attached to an aromatic ring is 1. The van der Waals surface area contributed by atoms with E-state index in [4.69, 9.17) is 10.2 Å². The van der Waals surface area contributed by atoms with Crippen LogP contribution in [0.1, 0.15) is 19.8 Å². The third-order valence-electron chi connectivity index (χ3n) is 2.23. The largest absolute Gasteiger partial charge is 0.390 e. The van der Waals surface area contributed by atoms with Gasteiger partial charge in [0.05, 0.1) is 0 Å². The Balaban J connectivity index is 2.19. The zero-order chi connectivity index (χ0) is 8.55. The lowest BCUT2D eigenvalue weighted by Crippen LogP contribution is -2.26. The lowest BCUT2D eigenvalue weighted by atomic mass is 10.2. The average Bonchev–Trinajstić information content (AvgIpc) is 2.58. The van der Waals surface area contributed by atoms with Gasteiger partial charge in [0.1, 0.15) is 0 Å². The van der Waals surface area contributed by atoms with Gasteiger partial charge in [-0.2, -0.15) is 0 Å². The van der Waals surface area contributed by atoms with Crippen molar-refractivity contribution in [1.29, 1.82) is 0 Å². The van der Waals surface area contributed by atoms with Gasteiger partial charge in [-0.15, -0.1) is 0 Å². The summed E-state index contributed by atoms with van der Waals surface area (Å²) in [7, 11) is 0. The Bertz CT molecular complexity index is 272. The topological polar surface area (TPSA) is 68.2 Å². The molecule has 0 amide bonds. The van der Waals surface area contributed by atoms with Crippen LogP contribution in [0.2, 0.25) is 0 Å². The molecule has 1 saturated heterocycles. The highest BCUT2D eigenvalue weighted by molar-refractivity contribution is 5.30. The molecule has 1 aliphatic rings. The van der Waals surface area contributed by atoms with Gasteiger partial charge in [-0.05, 0) is 19.8 Å². The van der Waals surface area contributed by atoms with E-state index in [9.17, 15) is 0 Å². The summed E-state index contributed by atoms with van der Waals surface area (Å²) in [5, 5.41) is 7.45. The fraction of sp³-hybridized carbons (Fsp3) is 0.714. The predicted octanol–water partition coefficient (Wildman–Crippen LogP) is 0.641. The number of hydrogen-bond donors (Lipinski definition) is 1. The molecular formula is C7H12N4O. The van der Waals surface area contributed by atoms with Crippen LogP contribution in [0.3, 0.4) is 0 Å². The average molecular weight is 168 g/mol. The number of nitrogens with two attached hydrogens (primary N) is 1. The molecule has 0 saturated carbocycles. The van der Waals surface area contributed by atoms with Crippen LogP contribution in [0, 0.1) is 0 Å². The second kappa shape index (κ2) is 2.66. The second-order valence-electron chi connectivity index (χ2n) is 3.11. The molecule has 12 heavy (non-hydrogen) atoms. The monoisotopic (exact) mass is 168 g/mol. The highest BCUT2D eigenvalue weighted by Crippen LogP contribution is 2.23.